The molecule has 1 aliphatic rings. The molecule has 0 unspecified atom stereocenters. The number of benzene rings is 2. The molecule has 3 aromatic rings. The molecule has 0 radical (unpaired) electrons. The summed E-state index contributed by atoms with van der Waals surface area (Å²) in [5.74, 6) is -0.892. The second-order valence-corrected chi connectivity index (χ2v) is 9.05. The third kappa shape index (κ3) is 4.09. The maximum atomic E-state index is 13.8. The van der Waals surface area contributed by atoms with Gasteiger partial charge in [-0.2, -0.15) is 13.2 Å². The van der Waals surface area contributed by atoms with Gasteiger partial charge in [-0.25, -0.2) is 0 Å². The van der Waals surface area contributed by atoms with Crippen molar-refractivity contribution in [2.45, 2.75) is 33.4 Å². The number of hydrogen-bond acceptors (Lipinski definition) is 3. The van der Waals surface area contributed by atoms with E-state index < -0.39 is 23.1 Å². The van der Waals surface area contributed by atoms with E-state index in [1.54, 1.807) is 31.2 Å². The van der Waals surface area contributed by atoms with E-state index >= 15 is 0 Å². The van der Waals surface area contributed by atoms with Crippen LogP contribution in [0.1, 0.15) is 41.8 Å². The summed E-state index contributed by atoms with van der Waals surface area (Å²) in [5, 5.41) is 2.63. The summed E-state index contributed by atoms with van der Waals surface area (Å²) in [6.07, 6.45) is -2.55. The van der Waals surface area contributed by atoms with E-state index in [4.69, 9.17) is 0 Å². The van der Waals surface area contributed by atoms with E-state index in [0.29, 0.717) is 35.2 Å². The molecule has 1 amide bonds. The van der Waals surface area contributed by atoms with Crippen LogP contribution in [0.25, 0.3) is 10.9 Å². The fourth-order valence-corrected chi connectivity index (χ4v) is 4.20. The van der Waals surface area contributed by atoms with Crippen molar-refractivity contribution in [3.05, 3.63) is 69.5 Å². The Morgan fingerprint density at radius 2 is 1.94 bits per heavy atom. The van der Waals surface area contributed by atoms with Gasteiger partial charge in [-0.3, -0.25) is 9.59 Å². The molecular weight excluding hydrogens is 419 g/mol. The zero-order chi connectivity index (χ0) is 23.3. The monoisotopic (exact) mass is 443 g/mol. The summed E-state index contributed by atoms with van der Waals surface area (Å²) in [6, 6.07) is 9.09. The Morgan fingerprint density at radius 1 is 1.19 bits per heavy atom. The fourth-order valence-electron chi connectivity index (χ4n) is 4.20. The van der Waals surface area contributed by atoms with Crippen molar-refractivity contribution in [1.82, 2.24) is 4.98 Å². The molecule has 8 heteroatoms. The van der Waals surface area contributed by atoms with Crippen LogP contribution in [0.3, 0.4) is 0 Å². The van der Waals surface area contributed by atoms with Crippen molar-refractivity contribution < 1.29 is 18.0 Å². The van der Waals surface area contributed by atoms with Gasteiger partial charge >= 0.3 is 6.18 Å². The first-order chi connectivity index (χ1) is 15.0. The predicted molar refractivity (Wildman–Crippen MR) is 119 cm³/mol. The van der Waals surface area contributed by atoms with Crippen LogP contribution in [-0.2, 0) is 6.18 Å². The molecule has 0 aliphatic carbocycles. The van der Waals surface area contributed by atoms with Crippen molar-refractivity contribution >= 4 is 28.2 Å². The lowest BCUT2D eigenvalue weighted by atomic mass is 9.93. The average molecular weight is 443 g/mol. The third-order valence-electron chi connectivity index (χ3n) is 5.96. The number of nitrogens with zero attached hydrogens (tertiary/aromatic N) is 1. The molecule has 1 aliphatic heterocycles. The number of halogens is 3. The lowest BCUT2D eigenvalue weighted by Crippen LogP contribution is -2.25. The molecule has 2 N–H and O–H groups in total. The van der Waals surface area contributed by atoms with Gasteiger partial charge in [-0.05, 0) is 48.6 Å². The molecule has 2 heterocycles. The Morgan fingerprint density at radius 3 is 2.59 bits per heavy atom. The van der Waals surface area contributed by atoms with Crippen molar-refractivity contribution in [1.29, 1.82) is 0 Å². The number of fused-ring (bicyclic) bond motifs is 1. The smallest absolute Gasteiger partial charge is 0.371 e. The van der Waals surface area contributed by atoms with Crippen LogP contribution >= 0.6 is 0 Å². The molecule has 1 saturated heterocycles. The van der Waals surface area contributed by atoms with E-state index in [9.17, 15) is 22.8 Å². The van der Waals surface area contributed by atoms with Crippen LogP contribution in [-0.4, -0.2) is 24.0 Å². The summed E-state index contributed by atoms with van der Waals surface area (Å²) < 4.78 is 41.5. The van der Waals surface area contributed by atoms with Gasteiger partial charge in [-0.15, -0.1) is 0 Å². The first-order valence-electron chi connectivity index (χ1n) is 10.3. The second-order valence-electron chi connectivity index (χ2n) is 9.05. The number of alkyl halides is 3. The lowest BCUT2D eigenvalue weighted by molar-refractivity contribution is -0.136. The molecule has 0 spiro atoms. The Balaban J connectivity index is 1.69. The molecule has 1 fully saturated rings. The Kier molecular flexibility index (Phi) is 5.27. The molecule has 168 valence electrons. The molecule has 2 aromatic carbocycles. The molecule has 5 nitrogen and oxygen atoms in total. The second kappa shape index (κ2) is 7.69. The number of pyridine rings is 1. The van der Waals surface area contributed by atoms with Gasteiger partial charge in [0, 0.05) is 35.9 Å². The van der Waals surface area contributed by atoms with Crippen LogP contribution in [0, 0.1) is 12.3 Å². The highest BCUT2D eigenvalue weighted by atomic mass is 19.4. The van der Waals surface area contributed by atoms with E-state index in [1.165, 1.54) is 12.3 Å². The standard InChI is InChI=1S/C24H24F3N3O2/c1-14-5-4-6-19-20(14)21(31)16(12-28-19)22(32)29-18-8-7-15(11-17(18)24(25,26)27)30-10-9-23(2,3)13-30/h4-8,11-12H,9-10,13H2,1-3H3,(H,28,31)(H,29,32). The number of H-pyrrole nitrogens is 1. The van der Waals surface area contributed by atoms with Crippen molar-refractivity contribution in [3.8, 4) is 0 Å². The summed E-state index contributed by atoms with van der Waals surface area (Å²) >= 11 is 0. The highest BCUT2D eigenvalue weighted by molar-refractivity contribution is 6.06. The molecule has 0 bridgehead atoms. The van der Waals surface area contributed by atoms with Crippen LogP contribution < -0.4 is 15.6 Å². The fraction of sp³-hybridized carbons (Fsp3) is 0.333. The van der Waals surface area contributed by atoms with Crippen molar-refractivity contribution in [2.75, 3.05) is 23.3 Å². The van der Waals surface area contributed by atoms with Gasteiger partial charge in [0.25, 0.3) is 5.91 Å². The van der Waals surface area contributed by atoms with Gasteiger partial charge in [0.05, 0.1) is 11.3 Å². The van der Waals surface area contributed by atoms with Crippen LogP contribution in [0.5, 0.6) is 0 Å². The molecule has 1 aromatic heterocycles. The maximum Gasteiger partial charge on any atom is 0.418 e. The van der Waals surface area contributed by atoms with Gasteiger partial charge in [0.1, 0.15) is 5.56 Å². The number of hydrogen-bond donors (Lipinski definition) is 2. The molecule has 32 heavy (non-hydrogen) atoms. The first-order valence-corrected chi connectivity index (χ1v) is 10.3. The van der Waals surface area contributed by atoms with Crippen LogP contribution in [0.4, 0.5) is 24.5 Å². The number of carbonyl (C=O) groups excluding carboxylic acids is 1. The van der Waals surface area contributed by atoms with E-state index in [1.807, 2.05) is 4.90 Å². The number of carbonyl (C=O) groups is 1. The molecule has 0 atom stereocenters. The largest absolute Gasteiger partial charge is 0.418 e. The number of aryl methyl sites for hydroxylation is 1. The first kappa shape index (κ1) is 21.9. The van der Waals surface area contributed by atoms with Gasteiger partial charge in [-0.1, -0.05) is 26.0 Å². The number of nitrogens with one attached hydrogen (secondary N) is 2. The lowest BCUT2D eigenvalue weighted by Gasteiger charge is -2.23. The maximum absolute atomic E-state index is 13.8. The minimum absolute atomic E-state index is 0.0283. The SMILES string of the molecule is Cc1cccc2[nH]cc(C(=O)Nc3ccc(N4CCC(C)(C)C4)cc3C(F)(F)F)c(=O)c12. The average Bonchev–Trinajstić information content (AvgIpc) is 3.07. The summed E-state index contributed by atoms with van der Waals surface area (Å²) in [6.45, 7) is 7.22. The van der Waals surface area contributed by atoms with E-state index in [0.717, 1.165) is 12.5 Å². The van der Waals surface area contributed by atoms with Crippen molar-refractivity contribution in [3.63, 3.8) is 0 Å². The third-order valence-corrected chi connectivity index (χ3v) is 5.96. The summed E-state index contributed by atoms with van der Waals surface area (Å²) in [4.78, 5) is 30.4. The quantitative estimate of drug-likeness (QED) is 0.574. The zero-order valence-corrected chi connectivity index (χ0v) is 18.1. The van der Waals surface area contributed by atoms with Crippen LogP contribution in [0.15, 0.2) is 47.4 Å². The van der Waals surface area contributed by atoms with Gasteiger partial charge in [0.15, 0.2) is 0 Å². The topological polar surface area (TPSA) is 65.2 Å². The molecule has 0 saturated carbocycles. The predicted octanol–water partition coefficient (Wildman–Crippen LogP) is 5.34. The van der Waals surface area contributed by atoms with E-state index in [2.05, 4.69) is 24.1 Å². The minimum Gasteiger partial charge on any atom is -0.371 e. The van der Waals surface area contributed by atoms with Gasteiger partial charge in [0.2, 0.25) is 5.43 Å². The van der Waals surface area contributed by atoms with E-state index in [-0.39, 0.29) is 16.7 Å². The highest BCUT2D eigenvalue weighted by Crippen LogP contribution is 2.39. The normalized spacial score (nSPS) is 15.9. The van der Waals surface area contributed by atoms with Crippen LogP contribution in [0.2, 0.25) is 0 Å². The zero-order valence-electron chi connectivity index (χ0n) is 18.1. The number of amides is 1. The number of anilines is 2. The Labute approximate surface area is 183 Å². The van der Waals surface area contributed by atoms with Gasteiger partial charge < -0.3 is 15.2 Å². The van der Waals surface area contributed by atoms with Crippen molar-refractivity contribution in [2.24, 2.45) is 5.41 Å². The number of aromatic nitrogens is 1. The molecular formula is C24H24F3N3O2. The Bertz CT molecular complexity index is 1260. The number of aromatic amines is 1. The number of rotatable bonds is 3. The minimum atomic E-state index is -4.67. The summed E-state index contributed by atoms with van der Waals surface area (Å²) in [7, 11) is 0. The summed E-state index contributed by atoms with van der Waals surface area (Å²) in [5.41, 5.74) is -0.382. The highest BCUT2D eigenvalue weighted by Gasteiger charge is 2.36. The Hall–Kier alpha value is -3.29. The molecule has 4 rings (SSSR count).